The van der Waals surface area contributed by atoms with Gasteiger partial charge in [0, 0.05) is 16.1 Å². The molecule has 0 fully saturated rings. The van der Waals surface area contributed by atoms with Gasteiger partial charge < -0.3 is 4.74 Å². The Morgan fingerprint density at radius 2 is 1.95 bits per heavy atom. The average Bonchev–Trinajstić information content (AvgIpc) is 2.43. The van der Waals surface area contributed by atoms with E-state index >= 15 is 0 Å². The van der Waals surface area contributed by atoms with Crippen LogP contribution in [0.25, 0.3) is 0 Å². The normalized spacial score (nSPS) is 10.2. The second-order valence-electron chi connectivity index (χ2n) is 3.90. The Morgan fingerprint density at radius 3 is 2.60 bits per heavy atom. The molecule has 20 heavy (non-hydrogen) atoms. The van der Waals surface area contributed by atoms with E-state index < -0.39 is 5.82 Å². The minimum absolute atomic E-state index is 0.0184. The van der Waals surface area contributed by atoms with Crippen molar-refractivity contribution >= 4 is 39.1 Å². The van der Waals surface area contributed by atoms with E-state index in [-0.39, 0.29) is 12.2 Å². The third-order valence-electron chi connectivity index (χ3n) is 2.54. The van der Waals surface area contributed by atoms with Crippen LogP contribution in [0.3, 0.4) is 0 Å². The van der Waals surface area contributed by atoms with Gasteiger partial charge in [0.15, 0.2) is 0 Å². The standard InChI is InChI=1S/C14H7BrCl2FNO/c15-11-3-8(6-19)14(18)4-9(11)7-20-10-1-2-12(16)13(17)5-10/h1-5H,7H2. The molecule has 0 saturated carbocycles. The molecule has 2 aromatic rings. The number of rotatable bonds is 3. The summed E-state index contributed by atoms with van der Waals surface area (Å²) < 4.78 is 19.7. The van der Waals surface area contributed by atoms with Crippen molar-refractivity contribution in [2.45, 2.75) is 6.61 Å². The maximum absolute atomic E-state index is 13.5. The molecule has 102 valence electrons. The van der Waals surface area contributed by atoms with E-state index in [4.69, 9.17) is 33.2 Å². The molecule has 2 nitrogen and oxygen atoms in total. The molecule has 0 aliphatic heterocycles. The Hall–Kier alpha value is -1.28. The molecule has 0 aliphatic carbocycles. The number of hydrogen-bond acceptors (Lipinski definition) is 2. The Kier molecular flexibility index (Phi) is 4.87. The first-order valence-electron chi connectivity index (χ1n) is 5.47. The molecule has 0 heterocycles. The SMILES string of the molecule is N#Cc1cc(Br)c(COc2ccc(Cl)c(Cl)c2)cc1F. The summed E-state index contributed by atoms with van der Waals surface area (Å²) in [5.41, 5.74) is 0.572. The third-order valence-corrected chi connectivity index (χ3v) is 4.02. The smallest absolute Gasteiger partial charge is 0.141 e. The molecule has 0 atom stereocenters. The van der Waals surface area contributed by atoms with Crippen LogP contribution in [0.15, 0.2) is 34.8 Å². The lowest BCUT2D eigenvalue weighted by molar-refractivity contribution is 0.305. The first-order valence-corrected chi connectivity index (χ1v) is 7.02. The van der Waals surface area contributed by atoms with Crippen LogP contribution in [0.5, 0.6) is 5.75 Å². The highest BCUT2D eigenvalue weighted by Crippen LogP contribution is 2.28. The molecule has 0 N–H and O–H groups in total. The number of hydrogen-bond donors (Lipinski definition) is 0. The maximum Gasteiger partial charge on any atom is 0.141 e. The minimum Gasteiger partial charge on any atom is -0.489 e. The summed E-state index contributed by atoms with van der Waals surface area (Å²) in [7, 11) is 0. The van der Waals surface area contributed by atoms with Gasteiger partial charge in [0.25, 0.3) is 0 Å². The summed E-state index contributed by atoms with van der Waals surface area (Å²) >= 11 is 15.0. The fourth-order valence-corrected chi connectivity index (χ4v) is 2.26. The number of nitrogens with zero attached hydrogens (tertiary/aromatic N) is 1. The second-order valence-corrected chi connectivity index (χ2v) is 5.57. The van der Waals surface area contributed by atoms with Gasteiger partial charge in [-0.05, 0) is 24.3 Å². The monoisotopic (exact) mass is 373 g/mol. The molecule has 0 radical (unpaired) electrons. The Morgan fingerprint density at radius 1 is 1.20 bits per heavy atom. The summed E-state index contributed by atoms with van der Waals surface area (Å²) in [6, 6.07) is 9.33. The molecule has 0 saturated heterocycles. The van der Waals surface area contributed by atoms with E-state index in [2.05, 4.69) is 15.9 Å². The summed E-state index contributed by atoms with van der Waals surface area (Å²) in [5, 5.41) is 9.55. The first kappa shape index (κ1) is 15.1. The van der Waals surface area contributed by atoms with Crippen molar-refractivity contribution < 1.29 is 9.13 Å². The maximum atomic E-state index is 13.5. The van der Waals surface area contributed by atoms with Crippen molar-refractivity contribution in [3.05, 3.63) is 61.8 Å². The quantitative estimate of drug-likeness (QED) is 0.725. The van der Waals surface area contributed by atoms with Gasteiger partial charge in [0.1, 0.15) is 24.2 Å². The minimum atomic E-state index is -0.580. The zero-order chi connectivity index (χ0) is 14.7. The Labute approximate surface area is 133 Å². The topological polar surface area (TPSA) is 33.0 Å². The van der Waals surface area contributed by atoms with Gasteiger partial charge in [-0.25, -0.2) is 4.39 Å². The van der Waals surface area contributed by atoms with Crippen molar-refractivity contribution in [3.63, 3.8) is 0 Å². The molecule has 0 unspecified atom stereocenters. The Bertz CT molecular complexity index is 700. The van der Waals surface area contributed by atoms with E-state index in [0.717, 1.165) is 0 Å². The molecular formula is C14H7BrCl2FNO. The number of halogens is 4. The van der Waals surface area contributed by atoms with Crippen LogP contribution in [0.2, 0.25) is 10.0 Å². The third kappa shape index (κ3) is 3.43. The summed E-state index contributed by atoms with van der Waals surface area (Å²) in [5.74, 6) is -0.0560. The van der Waals surface area contributed by atoms with Crippen LogP contribution >= 0.6 is 39.1 Å². The number of nitriles is 1. The van der Waals surface area contributed by atoms with E-state index in [0.29, 0.717) is 25.8 Å². The van der Waals surface area contributed by atoms with Crippen LogP contribution < -0.4 is 4.74 Å². The van der Waals surface area contributed by atoms with E-state index in [9.17, 15) is 4.39 Å². The van der Waals surface area contributed by atoms with Crippen LogP contribution in [0.4, 0.5) is 4.39 Å². The van der Waals surface area contributed by atoms with E-state index in [1.54, 1.807) is 24.3 Å². The largest absolute Gasteiger partial charge is 0.489 e. The zero-order valence-electron chi connectivity index (χ0n) is 9.96. The highest BCUT2D eigenvalue weighted by Gasteiger charge is 2.09. The van der Waals surface area contributed by atoms with E-state index in [1.165, 1.54) is 12.1 Å². The zero-order valence-corrected chi connectivity index (χ0v) is 13.1. The first-order chi connectivity index (χ1) is 9.51. The van der Waals surface area contributed by atoms with Gasteiger partial charge in [-0.3, -0.25) is 0 Å². The Balaban J connectivity index is 2.17. The van der Waals surface area contributed by atoms with Crippen molar-refractivity contribution in [2.24, 2.45) is 0 Å². The molecule has 0 aliphatic rings. The van der Waals surface area contributed by atoms with Crippen LogP contribution in [0, 0.1) is 17.1 Å². The van der Waals surface area contributed by atoms with Crippen molar-refractivity contribution in [1.82, 2.24) is 0 Å². The summed E-state index contributed by atoms with van der Waals surface area (Å²) in [6.45, 7) is 0.140. The lowest BCUT2D eigenvalue weighted by atomic mass is 10.1. The average molecular weight is 375 g/mol. The molecule has 2 aromatic carbocycles. The molecule has 0 amide bonds. The van der Waals surface area contributed by atoms with Gasteiger partial charge >= 0.3 is 0 Å². The van der Waals surface area contributed by atoms with Crippen LogP contribution in [0.1, 0.15) is 11.1 Å². The molecule has 6 heteroatoms. The molecule has 0 aromatic heterocycles. The summed E-state index contributed by atoms with van der Waals surface area (Å²) in [4.78, 5) is 0. The van der Waals surface area contributed by atoms with Gasteiger partial charge in [-0.2, -0.15) is 5.26 Å². The lowest BCUT2D eigenvalue weighted by Crippen LogP contribution is -1.98. The highest BCUT2D eigenvalue weighted by molar-refractivity contribution is 9.10. The lowest BCUT2D eigenvalue weighted by Gasteiger charge is -2.09. The van der Waals surface area contributed by atoms with Crippen molar-refractivity contribution in [3.8, 4) is 11.8 Å². The fourth-order valence-electron chi connectivity index (χ4n) is 1.51. The van der Waals surface area contributed by atoms with Crippen LogP contribution in [-0.4, -0.2) is 0 Å². The van der Waals surface area contributed by atoms with Gasteiger partial charge in [0.2, 0.25) is 0 Å². The van der Waals surface area contributed by atoms with Gasteiger partial charge in [-0.15, -0.1) is 0 Å². The number of ether oxygens (including phenoxy) is 1. The van der Waals surface area contributed by atoms with Gasteiger partial charge in [0.05, 0.1) is 15.6 Å². The number of benzene rings is 2. The molecular weight excluding hydrogens is 368 g/mol. The highest BCUT2D eigenvalue weighted by atomic mass is 79.9. The van der Waals surface area contributed by atoms with Crippen molar-refractivity contribution in [1.29, 1.82) is 5.26 Å². The summed E-state index contributed by atoms with van der Waals surface area (Å²) in [6.07, 6.45) is 0. The predicted octanol–water partition coefficient (Wildman–Crippen LogP) is 5.35. The predicted molar refractivity (Wildman–Crippen MR) is 79.6 cm³/mol. The molecule has 2 rings (SSSR count). The fraction of sp³-hybridized carbons (Fsp3) is 0.0714. The van der Waals surface area contributed by atoms with E-state index in [1.807, 2.05) is 0 Å². The van der Waals surface area contributed by atoms with Gasteiger partial charge in [-0.1, -0.05) is 39.1 Å². The molecule has 0 bridgehead atoms. The van der Waals surface area contributed by atoms with Crippen LogP contribution in [-0.2, 0) is 6.61 Å². The van der Waals surface area contributed by atoms with Crippen molar-refractivity contribution in [2.75, 3.05) is 0 Å². The molecule has 0 spiro atoms. The second kappa shape index (κ2) is 6.45.